The van der Waals surface area contributed by atoms with Crippen molar-refractivity contribution in [3.63, 3.8) is 0 Å². The van der Waals surface area contributed by atoms with Crippen molar-refractivity contribution in [2.75, 3.05) is 46.4 Å². The van der Waals surface area contributed by atoms with Crippen molar-refractivity contribution in [1.29, 1.82) is 0 Å². The van der Waals surface area contributed by atoms with Crippen LogP contribution in [0.1, 0.15) is 12.8 Å². The number of unbranched alkanes of at least 4 members (excludes halogenated alkanes) is 1. The van der Waals surface area contributed by atoms with Crippen molar-refractivity contribution in [3.8, 4) is 11.5 Å². The van der Waals surface area contributed by atoms with Crippen LogP contribution >= 0.6 is 0 Å². The first kappa shape index (κ1) is 14.2. The molecule has 4 nitrogen and oxygen atoms in total. The molecular weight excluding hydrogens is 240 g/mol. The summed E-state index contributed by atoms with van der Waals surface area (Å²) >= 11 is 0. The van der Waals surface area contributed by atoms with Crippen molar-refractivity contribution in [3.05, 3.63) is 24.3 Å². The second kappa shape index (κ2) is 8.02. The quantitative estimate of drug-likeness (QED) is 0.761. The van der Waals surface area contributed by atoms with E-state index in [1.807, 2.05) is 24.3 Å². The maximum Gasteiger partial charge on any atom is 0.119 e. The van der Waals surface area contributed by atoms with E-state index < -0.39 is 0 Å². The molecule has 1 N–H and O–H groups in total. The van der Waals surface area contributed by atoms with Crippen LogP contribution in [0.15, 0.2) is 24.3 Å². The van der Waals surface area contributed by atoms with Gasteiger partial charge in [-0.15, -0.1) is 0 Å². The standard InChI is InChI=1S/C15H24N2O2/c1-18-14-4-6-15(7-5-14)19-13-3-2-10-17-11-8-16-9-12-17/h4-7,16H,2-3,8-13H2,1H3. The van der Waals surface area contributed by atoms with Gasteiger partial charge in [0.1, 0.15) is 11.5 Å². The summed E-state index contributed by atoms with van der Waals surface area (Å²) in [6, 6.07) is 7.76. The molecular formula is C15H24N2O2. The van der Waals surface area contributed by atoms with E-state index in [1.165, 1.54) is 26.1 Å². The molecule has 0 aliphatic carbocycles. The van der Waals surface area contributed by atoms with Gasteiger partial charge in [0.05, 0.1) is 13.7 Å². The molecule has 106 valence electrons. The Kier molecular flexibility index (Phi) is 5.98. The number of hydrogen-bond donors (Lipinski definition) is 1. The molecule has 1 heterocycles. The Bertz CT molecular complexity index is 348. The van der Waals surface area contributed by atoms with Gasteiger partial charge in [-0.3, -0.25) is 0 Å². The number of methoxy groups -OCH3 is 1. The van der Waals surface area contributed by atoms with Crippen molar-refractivity contribution in [2.24, 2.45) is 0 Å². The number of piperazine rings is 1. The number of benzene rings is 1. The van der Waals surface area contributed by atoms with Crippen molar-refractivity contribution in [1.82, 2.24) is 10.2 Å². The Hall–Kier alpha value is -1.26. The van der Waals surface area contributed by atoms with E-state index in [4.69, 9.17) is 9.47 Å². The highest BCUT2D eigenvalue weighted by molar-refractivity contribution is 5.31. The molecule has 4 heteroatoms. The Morgan fingerprint density at radius 3 is 2.42 bits per heavy atom. The number of nitrogens with zero attached hydrogens (tertiary/aromatic N) is 1. The van der Waals surface area contributed by atoms with Crippen LogP contribution in [0.3, 0.4) is 0 Å². The summed E-state index contributed by atoms with van der Waals surface area (Å²) in [4.78, 5) is 2.52. The molecule has 0 saturated carbocycles. The molecule has 0 radical (unpaired) electrons. The second-order valence-electron chi connectivity index (χ2n) is 4.82. The molecule has 1 fully saturated rings. The van der Waals surface area contributed by atoms with Crippen LogP contribution in [0.25, 0.3) is 0 Å². The zero-order valence-corrected chi connectivity index (χ0v) is 11.7. The summed E-state index contributed by atoms with van der Waals surface area (Å²) in [6.45, 7) is 6.59. The average Bonchev–Trinajstić information content (AvgIpc) is 2.49. The highest BCUT2D eigenvalue weighted by Crippen LogP contribution is 2.17. The van der Waals surface area contributed by atoms with E-state index in [0.717, 1.165) is 37.6 Å². The van der Waals surface area contributed by atoms with Gasteiger partial charge in [0, 0.05) is 26.2 Å². The maximum atomic E-state index is 5.71. The van der Waals surface area contributed by atoms with E-state index in [2.05, 4.69) is 10.2 Å². The summed E-state index contributed by atoms with van der Waals surface area (Å²) < 4.78 is 10.8. The fraction of sp³-hybridized carbons (Fsp3) is 0.600. The molecule has 1 saturated heterocycles. The first-order valence-electron chi connectivity index (χ1n) is 7.08. The van der Waals surface area contributed by atoms with E-state index in [-0.39, 0.29) is 0 Å². The minimum atomic E-state index is 0.790. The largest absolute Gasteiger partial charge is 0.497 e. The van der Waals surface area contributed by atoms with Gasteiger partial charge in [0.15, 0.2) is 0 Å². The SMILES string of the molecule is COc1ccc(OCCCCN2CCNCC2)cc1. The van der Waals surface area contributed by atoms with E-state index in [9.17, 15) is 0 Å². The van der Waals surface area contributed by atoms with Gasteiger partial charge in [0.2, 0.25) is 0 Å². The average molecular weight is 264 g/mol. The molecule has 1 aliphatic rings. The van der Waals surface area contributed by atoms with Crippen molar-refractivity contribution < 1.29 is 9.47 Å². The van der Waals surface area contributed by atoms with Gasteiger partial charge in [0.25, 0.3) is 0 Å². The van der Waals surface area contributed by atoms with E-state index in [1.54, 1.807) is 7.11 Å². The van der Waals surface area contributed by atoms with Crippen LogP contribution in [0, 0.1) is 0 Å². The lowest BCUT2D eigenvalue weighted by Crippen LogP contribution is -2.43. The minimum Gasteiger partial charge on any atom is -0.497 e. The minimum absolute atomic E-state index is 0.790. The van der Waals surface area contributed by atoms with Crippen molar-refractivity contribution >= 4 is 0 Å². The van der Waals surface area contributed by atoms with Crippen LogP contribution < -0.4 is 14.8 Å². The third-order valence-electron chi connectivity index (χ3n) is 3.41. The zero-order valence-electron chi connectivity index (χ0n) is 11.7. The van der Waals surface area contributed by atoms with Crippen molar-refractivity contribution in [2.45, 2.75) is 12.8 Å². The maximum absolute atomic E-state index is 5.71. The molecule has 0 aromatic heterocycles. The highest BCUT2D eigenvalue weighted by atomic mass is 16.5. The normalized spacial score (nSPS) is 16.3. The Labute approximate surface area is 115 Å². The van der Waals surface area contributed by atoms with Gasteiger partial charge in [-0.25, -0.2) is 0 Å². The third kappa shape index (κ3) is 5.09. The fourth-order valence-corrected chi connectivity index (χ4v) is 2.23. The topological polar surface area (TPSA) is 33.7 Å². The zero-order chi connectivity index (χ0) is 13.3. The molecule has 0 unspecified atom stereocenters. The molecule has 0 bridgehead atoms. The molecule has 0 spiro atoms. The van der Waals surface area contributed by atoms with Gasteiger partial charge in [-0.1, -0.05) is 0 Å². The molecule has 2 rings (SSSR count). The number of rotatable bonds is 7. The lowest BCUT2D eigenvalue weighted by atomic mass is 10.2. The predicted molar refractivity (Wildman–Crippen MR) is 77.0 cm³/mol. The monoisotopic (exact) mass is 264 g/mol. The first-order valence-corrected chi connectivity index (χ1v) is 7.08. The Morgan fingerprint density at radius 2 is 1.74 bits per heavy atom. The number of hydrogen-bond acceptors (Lipinski definition) is 4. The lowest BCUT2D eigenvalue weighted by molar-refractivity contribution is 0.226. The second-order valence-corrected chi connectivity index (χ2v) is 4.82. The summed E-state index contributed by atoms with van der Waals surface area (Å²) in [5.74, 6) is 1.79. The number of ether oxygens (including phenoxy) is 2. The Morgan fingerprint density at radius 1 is 1.05 bits per heavy atom. The molecule has 0 amide bonds. The van der Waals surface area contributed by atoms with Gasteiger partial charge >= 0.3 is 0 Å². The van der Waals surface area contributed by atoms with Gasteiger partial charge in [-0.2, -0.15) is 0 Å². The van der Waals surface area contributed by atoms with Crippen LogP contribution in [0.4, 0.5) is 0 Å². The molecule has 0 atom stereocenters. The van der Waals surface area contributed by atoms with Crippen LogP contribution in [-0.4, -0.2) is 51.3 Å². The van der Waals surface area contributed by atoms with E-state index in [0.29, 0.717) is 0 Å². The van der Waals surface area contributed by atoms with Gasteiger partial charge in [-0.05, 0) is 43.7 Å². The third-order valence-corrected chi connectivity index (χ3v) is 3.41. The summed E-state index contributed by atoms with van der Waals surface area (Å²) in [6.07, 6.45) is 2.31. The molecule has 1 aromatic rings. The van der Waals surface area contributed by atoms with Gasteiger partial charge < -0.3 is 19.7 Å². The Balaban J connectivity index is 1.55. The smallest absolute Gasteiger partial charge is 0.119 e. The molecule has 1 aliphatic heterocycles. The summed E-state index contributed by atoms with van der Waals surface area (Å²) in [7, 11) is 1.67. The van der Waals surface area contributed by atoms with E-state index >= 15 is 0 Å². The highest BCUT2D eigenvalue weighted by Gasteiger charge is 2.08. The first-order chi connectivity index (χ1) is 9.38. The molecule has 19 heavy (non-hydrogen) atoms. The summed E-state index contributed by atoms with van der Waals surface area (Å²) in [5, 5.41) is 3.37. The number of nitrogens with one attached hydrogen (secondary N) is 1. The predicted octanol–water partition coefficient (Wildman–Crippen LogP) is 1.76. The van der Waals surface area contributed by atoms with Crippen LogP contribution in [-0.2, 0) is 0 Å². The van der Waals surface area contributed by atoms with Crippen LogP contribution in [0.2, 0.25) is 0 Å². The van der Waals surface area contributed by atoms with Crippen LogP contribution in [0.5, 0.6) is 11.5 Å². The lowest BCUT2D eigenvalue weighted by Gasteiger charge is -2.26. The summed E-state index contributed by atoms with van der Waals surface area (Å²) in [5.41, 5.74) is 0. The fourth-order valence-electron chi connectivity index (χ4n) is 2.23. The molecule has 1 aromatic carbocycles.